The number of rotatable bonds is 6. The van der Waals surface area contributed by atoms with Crippen molar-refractivity contribution >= 4 is 33.6 Å². The lowest BCUT2D eigenvalue weighted by Gasteiger charge is -2.32. The van der Waals surface area contributed by atoms with Gasteiger partial charge in [0.1, 0.15) is 29.8 Å². The number of pyridine rings is 1. The van der Waals surface area contributed by atoms with Crippen LogP contribution in [0, 0.1) is 5.92 Å². The van der Waals surface area contributed by atoms with Crippen LogP contribution in [0.2, 0.25) is 0 Å². The number of fused-ring (bicyclic) bond motifs is 2. The third kappa shape index (κ3) is 4.10. The van der Waals surface area contributed by atoms with Crippen molar-refractivity contribution in [3.05, 3.63) is 60.7 Å². The maximum Gasteiger partial charge on any atom is 0.147 e. The Balaban J connectivity index is 1.13. The molecule has 39 heavy (non-hydrogen) atoms. The standard InChI is InChI=1S/C29H31FN8O/c1-36-12-9-21(35-36)20-15-38(29-25(20)28(31)32-16-33-29)23-14-19(27(39)26(23)30)6-4-17-3-5-18-7-8-24(34-22(18)13-17)37-10-2-11-37/h3,5,7-9,12-13,15-16,19,23,26-27,39H,2,4,6,10-11,14H2,1H3,(H2,31,32,33)/t19-,23+,26+,27+/m0/s1. The minimum absolute atomic E-state index is 0.184. The summed E-state index contributed by atoms with van der Waals surface area (Å²) in [4.78, 5) is 15.8. The summed E-state index contributed by atoms with van der Waals surface area (Å²) >= 11 is 0. The fourth-order valence-corrected chi connectivity index (χ4v) is 6.12. The summed E-state index contributed by atoms with van der Waals surface area (Å²) in [6, 6.07) is 11.9. The maximum atomic E-state index is 15.7. The van der Waals surface area contributed by atoms with Crippen LogP contribution in [0.4, 0.5) is 16.0 Å². The van der Waals surface area contributed by atoms with Crippen LogP contribution in [0.15, 0.2) is 55.1 Å². The second-order valence-corrected chi connectivity index (χ2v) is 10.9. The highest BCUT2D eigenvalue weighted by atomic mass is 19.1. The summed E-state index contributed by atoms with van der Waals surface area (Å²) in [5.74, 6) is 1.16. The molecule has 10 heteroatoms. The van der Waals surface area contributed by atoms with Crippen LogP contribution in [0.1, 0.15) is 30.9 Å². The van der Waals surface area contributed by atoms with E-state index in [-0.39, 0.29) is 5.92 Å². The van der Waals surface area contributed by atoms with E-state index in [1.54, 1.807) is 4.68 Å². The van der Waals surface area contributed by atoms with Gasteiger partial charge in [0.05, 0.1) is 28.7 Å². The molecule has 1 aliphatic heterocycles. The van der Waals surface area contributed by atoms with E-state index < -0.39 is 18.3 Å². The summed E-state index contributed by atoms with van der Waals surface area (Å²) < 4.78 is 19.2. The Kier molecular flexibility index (Phi) is 5.73. The number of nitrogen functional groups attached to an aromatic ring is 1. The summed E-state index contributed by atoms with van der Waals surface area (Å²) in [6.45, 7) is 2.12. The third-order valence-electron chi connectivity index (χ3n) is 8.43. The van der Waals surface area contributed by atoms with Crippen LogP contribution in [0.3, 0.4) is 0 Å². The summed E-state index contributed by atoms with van der Waals surface area (Å²) in [6.07, 6.45) is 5.76. The van der Waals surface area contributed by atoms with E-state index in [2.05, 4.69) is 50.3 Å². The van der Waals surface area contributed by atoms with Crippen molar-refractivity contribution in [1.82, 2.24) is 29.3 Å². The van der Waals surface area contributed by atoms with E-state index in [0.29, 0.717) is 29.7 Å². The SMILES string of the molecule is Cn1ccc(-c2cn([C@@H]3C[C@H](CCc4ccc5ccc(N6CCC6)nc5c4)[C@@H](O)[C@@H]3F)c3ncnc(N)c23)n1. The zero-order valence-electron chi connectivity index (χ0n) is 21.8. The van der Waals surface area contributed by atoms with Gasteiger partial charge in [-0.05, 0) is 61.4 Å². The lowest BCUT2D eigenvalue weighted by atomic mass is 9.95. The normalized spacial score (nSPS) is 23.1. The zero-order chi connectivity index (χ0) is 26.7. The third-order valence-corrected chi connectivity index (χ3v) is 8.43. The lowest BCUT2D eigenvalue weighted by Crippen LogP contribution is -2.37. The Morgan fingerprint density at radius 3 is 2.74 bits per heavy atom. The molecule has 9 nitrogen and oxygen atoms in total. The van der Waals surface area contributed by atoms with Gasteiger partial charge < -0.3 is 20.3 Å². The Bertz CT molecular complexity index is 1670. The number of nitrogens with zero attached hydrogens (tertiary/aromatic N) is 7. The minimum Gasteiger partial charge on any atom is -0.390 e. The van der Waals surface area contributed by atoms with Crippen molar-refractivity contribution in [2.75, 3.05) is 23.7 Å². The van der Waals surface area contributed by atoms with Gasteiger partial charge in [-0.2, -0.15) is 5.10 Å². The molecule has 0 unspecified atom stereocenters. The summed E-state index contributed by atoms with van der Waals surface area (Å²) in [5, 5.41) is 17.2. The van der Waals surface area contributed by atoms with E-state index in [4.69, 9.17) is 10.7 Å². The Morgan fingerprint density at radius 1 is 1.13 bits per heavy atom. The molecule has 1 aliphatic carbocycles. The van der Waals surface area contributed by atoms with Gasteiger partial charge in [-0.3, -0.25) is 4.68 Å². The van der Waals surface area contributed by atoms with Gasteiger partial charge in [0.15, 0.2) is 0 Å². The number of nitrogens with two attached hydrogens (primary N) is 1. The largest absolute Gasteiger partial charge is 0.390 e. The molecular formula is C29H31FN8O. The van der Waals surface area contributed by atoms with E-state index in [0.717, 1.165) is 53.1 Å². The monoisotopic (exact) mass is 526 g/mol. The van der Waals surface area contributed by atoms with Gasteiger partial charge in [0, 0.05) is 43.5 Å². The number of benzene rings is 1. The van der Waals surface area contributed by atoms with Crippen LogP contribution in [0.25, 0.3) is 33.2 Å². The fraction of sp³-hybridized carbons (Fsp3) is 0.379. The average Bonchev–Trinajstić information content (AvgIpc) is 3.58. The Labute approximate surface area is 225 Å². The first-order chi connectivity index (χ1) is 19.0. The quantitative estimate of drug-likeness (QED) is 0.343. The molecule has 7 rings (SSSR count). The smallest absolute Gasteiger partial charge is 0.147 e. The molecule has 0 bridgehead atoms. The van der Waals surface area contributed by atoms with E-state index in [1.165, 1.54) is 12.7 Å². The summed E-state index contributed by atoms with van der Waals surface area (Å²) in [7, 11) is 1.84. The van der Waals surface area contributed by atoms with Crippen molar-refractivity contribution < 1.29 is 9.50 Å². The van der Waals surface area contributed by atoms with Crippen LogP contribution < -0.4 is 10.6 Å². The second-order valence-electron chi connectivity index (χ2n) is 10.9. The van der Waals surface area contributed by atoms with Crippen LogP contribution >= 0.6 is 0 Å². The highest BCUT2D eigenvalue weighted by Gasteiger charge is 2.44. The number of hydrogen-bond donors (Lipinski definition) is 2. The minimum atomic E-state index is -1.42. The first kappa shape index (κ1) is 24.0. The summed E-state index contributed by atoms with van der Waals surface area (Å²) in [5.41, 5.74) is 10.4. The first-order valence-electron chi connectivity index (χ1n) is 13.5. The van der Waals surface area contributed by atoms with E-state index in [1.807, 2.05) is 30.1 Å². The van der Waals surface area contributed by atoms with Crippen molar-refractivity contribution in [3.8, 4) is 11.3 Å². The molecule has 1 aromatic carbocycles. The van der Waals surface area contributed by atoms with Gasteiger partial charge in [-0.15, -0.1) is 0 Å². The molecule has 0 radical (unpaired) electrons. The van der Waals surface area contributed by atoms with Gasteiger partial charge in [0.2, 0.25) is 0 Å². The number of aliphatic hydroxyl groups is 1. The molecule has 2 fully saturated rings. The number of anilines is 2. The average molecular weight is 527 g/mol. The second kappa shape index (κ2) is 9.30. The van der Waals surface area contributed by atoms with E-state index in [9.17, 15) is 5.11 Å². The number of aromatic nitrogens is 6. The van der Waals surface area contributed by atoms with Gasteiger partial charge in [-0.25, -0.2) is 19.3 Å². The number of alkyl halides is 1. The predicted molar refractivity (Wildman–Crippen MR) is 149 cm³/mol. The molecule has 3 N–H and O–H groups in total. The fourth-order valence-electron chi connectivity index (χ4n) is 6.12. The first-order valence-corrected chi connectivity index (χ1v) is 13.5. The lowest BCUT2D eigenvalue weighted by molar-refractivity contribution is 0.0574. The molecule has 2 aliphatic rings. The Hall–Kier alpha value is -4.05. The number of hydrogen-bond acceptors (Lipinski definition) is 7. The van der Waals surface area contributed by atoms with Crippen molar-refractivity contribution in [2.24, 2.45) is 13.0 Å². The van der Waals surface area contributed by atoms with Crippen molar-refractivity contribution in [2.45, 2.75) is 44.0 Å². The molecule has 200 valence electrons. The van der Waals surface area contributed by atoms with Crippen molar-refractivity contribution in [3.63, 3.8) is 0 Å². The van der Waals surface area contributed by atoms with Gasteiger partial charge >= 0.3 is 0 Å². The molecule has 1 saturated carbocycles. The molecule has 5 aromatic rings. The molecule has 0 spiro atoms. The van der Waals surface area contributed by atoms with Crippen LogP contribution in [0.5, 0.6) is 0 Å². The molecule has 4 aromatic heterocycles. The van der Waals surface area contributed by atoms with Crippen LogP contribution in [-0.4, -0.2) is 59.8 Å². The number of aryl methyl sites for hydroxylation is 2. The number of aliphatic hydroxyl groups excluding tert-OH is 1. The Morgan fingerprint density at radius 2 is 1.97 bits per heavy atom. The van der Waals surface area contributed by atoms with Gasteiger partial charge in [-0.1, -0.05) is 12.1 Å². The topological polar surface area (TPSA) is 111 Å². The van der Waals surface area contributed by atoms with Crippen molar-refractivity contribution in [1.29, 1.82) is 0 Å². The molecule has 0 amide bonds. The molecule has 1 saturated heterocycles. The van der Waals surface area contributed by atoms with Crippen LogP contribution in [-0.2, 0) is 13.5 Å². The van der Waals surface area contributed by atoms with E-state index >= 15 is 4.39 Å². The number of halogens is 1. The maximum absolute atomic E-state index is 15.7. The predicted octanol–water partition coefficient (Wildman–Crippen LogP) is 4.07. The molecule has 5 heterocycles. The molecular weight excluding hydrogens is 495 g/mol. The highest BCUT2D eigenvalue weighted by molar-refractivity contribution is 5.99. The molecule has 4 atom stereocenters. The highest BCUT2D eigenvalue weighted by Crippen LogP contribution is 2.43. The van der Waals surface area contributed by atoms with Gasteiger partial charge in [0.25, 0.3) is 0 Å². The zero-order valence-corrected chi connectivity index (χ0v) is 21.8.